The fourth-order valence-electron chi connectivity index (χ4n) is 2.88. The van der Waals surface area contributed by atoms with Gasteiger partial charge in [0.15, 0.2) is 0 Å². The SMILES string of the molecule is Cc1cccc([C@@H]2C[C@@H]2C(=O)NS(=O)(=O)c2ccc(F)c(C(N)=O)c2)c1. The molecule has 0 unspecified atom stereocenters. The summed E-state index contributed by atoms with van der Waals surface area (Å²) in [5.74, 6) is -3.11. The summed E-state index contributed by atoms with van der Waals surface area (Å²) in [5.41, 5.74) is 6.52. The molecule has 2 aromatic carbocycles. The first-order chi connectivity index (χ1) is 12.2. The second-order valence-electron chi connectivity index (χ2n) is 6.34. The Kier molecular flexibility index (Phi) is 4.53. The number of aryl methyl sites for hydroxylation is 1. The monoisotopic (exact) mass is 376 g/mol. The van der Waals surface area contributed by atoms with Gasteiger partial charge in [-0.2, -0.15) is 0 Å². The lowest BCUT2D eigenvalue weighted by atomic mass is 10.1. The lowest BCUT2D eigenvalue weighted by molar-refractivity contribution is -0.120. The fourth-order valence-corrected chi connectivity index (χ4v) is 3.94. The van der Waals surface area contributed by atoms with E-state index in [0.29, 0.717) is 6.42 Å². The number of carbonyl (C=O) groups is 2. The van der Waals surface area contributed by atoms with Gasteiger partial charge in [-0.3, -0.25) is 9.59 Å². The number of nitrogens with one attached hydrogen (secondary N) is 1. The predicted octanol–water partition coefficient (Wildman–Crippen LogP) is 1.84. The van der Waals surface area contributed by atoms with Crippen molar-refractivity contribution in [1.82, 2.24) is 4.72 Å². The van der Waals surface area contributed by atoms with E-state index in [2.05, 4.69) is 0 Å². The van der Waals surface area contributed by atoms with Crippen LogP contribution in [0.1, 0.15) is 33.8 Å². The third-order valence-corrected chi connectivity index (χ3v) is 5.69. The highest BCUT2D eigenvalue weighted by Crippen LogP contribution is 2.47. The van der Waals surface area contributed by atoms with Crippen LogP contribution in [0.3, 0.4) is 0 Å². The van der Waals surface area contributed by atoms with Gasteiger partial charge in [0.1, 0.15) is 5.82 Å². The van der Waals surface area contributed by atoms with Crippen molar-refractivity contribution in [2.75, 3.05) is 0 Å². The van der Waals surface area contributed by atoms with E-state index in [4.69, 9.17) is 5.73 Å². The van der Waals surface area contributed by atoms with Crippen LogP contribution in [0.4, 0.5) is 4.39 Å². The number of benzene rings is 2. The molecule has 0 spiro atoms. The molecule has 1 aliphatic carbocycles. The third-order valence-electron chi connectivity index (χ3n) is 4.35. The molecule has 0 bridgehead atoms. The molecule has 1 saturated carbocycles. The summed E-state index contributed by atoms with van der Waals surface area (Å²) in [7, 11) is -4.23. The van der Waals surface area contributed by atoms with Crippen molar-refractivity contribution in [2.45, 2.75) is 24.2 Å². The van der Waals surface area contributed by atoms with Gasteiger partial charge in [-0.25, -0.2) is 17.5 Å². The van der Waals surface area contributed by atoms with Gasteiger partial charge in [0.05, 0.1) is 10.5 Å². The van der Waals surface area contributed by atoms with Gasteiger partial charge < -0.3 is 5.73 Å². The molecule has 3 N–H and O–H groups in total. The van der Waals surface area contributed by atoms with Gasteiger partial charge in [0.2, 0.25) is 5.91 Å². The van der Waals surface area contributed by atoms with Crippen LogP contribution in [0.5, 0.6) is 0 Å². The topological polar surface area (TPSA) is 106 Å². The van der Waals surface area contributed by atoms with Gasteiger partial charge >= 0.3 is 0 Å². The van der Waals surface area contributed by atoms with Gasteiger partial charge in [-0.05, 0) is 43.0 Å². The summed E-state index contributed by atoms with van der Waals surface area (Å²) in [5, 5.41) is 0. The van der Waals surface area contributed by atoms with Gasteiger partial charge in [-0.1, -0.05) is 29.8 Å². The van der Waals surface area contributed by atoms with Crippen molar-refractivity contribution in [3.8, 4) is 0 Å². The van der Waals surface area contributed by atoms with Crippen molar-refractivity contribution in [3.05, 3.63) is 65.0 Å². The molecule has 1 fully saturated rings. The van der Waals surface area contributed by atoms with Gasteiger partial charge in [0.25, 0.3) is 15.9 Å². The largest absolute Gasteiger partial charge is 0.366 e. The summed E-state index contributed by atoms with van der Waals surface area (Å²) < 4.78 is 40.2. The average molecular weight is 376 g/mol. The minimum Gasteiger partial charge on any atom is -0.366 e. The maximum Gasteiger partial charge on any atom is 0.264 e. The number of hydrogen-bond acceptors (Lipinski definition) is 4. The molecular formula is C18H17FN2O4S. The van der Waals surface area contributed by atoms with Crippen molar-refractivity contribution in [2.24, 2.45) is 11.7 Å². The minimum absolute atomic E-state index is 0.0282. The van der Waals surface area contributed by atoms with E-state index in [-0.39, 0.29) is 5.92 Å². The molecule has 1 aliphatic rings. The molecular weight excluding hydrogens is 359 g/mol. The number of nitrogens with two attached hydrogens (primary N) is 1. The predicted molar refractivity (Wildman–Crippen MR) is 92.3 cm³/mol. The number of rotatable bonds is 5. The summed E-state index contributed by atoms with van der Waals surface area (Å²) in [6.07, 6.45) is 0.556. The third kappa shape index (κ3) is 3.60. The quantitative estimate of drug-likeness (QED) is 0.830. The first kappa shape index (κ1) is 18.1. The maximum absolute atomic E-state index is 13.5. The summed E-state index contributed by atoms with van der Waals surface area (Å²) in [6.45, 7) is 1.94. The number of halogens is 1. The van der Waals surface area contributed by atoms with E-state index in [1.165, 1.54) is 0 Å². The Labute approximate surface area is 150 Å². The highest BCUT2D eigenvalue weighted by atomic mass is 32.2. The second kappa shape index (κ2) is 6.53. The van der Waals surface area contributed by atoms with Crippen LogP contribution in [-0.2, 0) is 14.8 Å². The summed E-state index contributed by atoms with van der Waals surface area (Å²) in [4.78, 5) is 23.1. The zero-order valence-electron chi connectivity index (χ0n) is 13.9. The van der Waals surface area contributed by atoms with E-state index in [0.717, 1.165) is 29.3 Å². The summed E-state index contributed by atoms with van der Waals surface area (Å²) in [6, 6.07) is 10.3. The van der Waals surface area contributed by atoms with Crippen LogP contribution in [0, 0.1) is 18.7 Å². The van der Waals surface area contributed by atoms with Crippen molar-refractivity contribution >= 4 is 21.8 Å². The average Bonchev–Trinajstić information content (AvgIpc) is 3.35. The Hall–Kier alpha value is -2.74. The van der Waals surface area contributed by atoms with E-state index in [9.17, 15) is 22.4 Å². The Morgan fingerprint density at radius 1 is 1.19 bits per heavy atom. The van der Waals surface area contributed by atoms with E-state index >= 15 is 0 Å². The van der Waals surface area contributed by atoms with Crippen LogP contribution in [-0.4, -0.2) is 20.2 Å². The zero-order valence-corrected chi connectivity index (χ0v) is 14.7. The molecule has 0 aromatic heterocycles. The summed E-state index contributed by atoms with van der Waals surface area (Å²) >= 11 is 0. The van der Waals surface area contributed by atoms with Crippen LogP contribution >= 0.6 is 0 Å². The van der Waals surface area contributed by atoms with Crippen LogP contribution in [0.25, 0.3) is 0 Å². The standard InChI is InChI=1S/C18H17FN2O4S/c1-10-3-2-4-11(7-10)13-9-14(13)18(23)21-26(24,25)12-5-6-16(19)15(8-12)17(20)22/h2-8,13-14H,9H2,1H3,(H2,20,22)(H,21,23)/t13-,14-/m0/s1. The number of primary amides is 1. The maximum atomic E-state index is 13.5. The molecule has 0 radical (unpaired) electrons. The number of sulfonamides is 1. The van der Waals surface area contributed by atoms with E-state index in [1.54, 1.807) is 0 Å². The Morgan fingerprint density at radius 2 is 1.92 bits per heavy atom. The van der Waals surface area contributed by atoms with Crippen LogP contribution < -0.4 is 10.5 Å². The number of hydrogen-bond donors (Lipinski definition) is 2. The fraction of sp³-hybridized carbons (Fsp3) is 0.222. The molecule has 0 aliphatic heterocycles. The highest BCUT2D eigenvalue weighted by molar-refractivity contribution is 7.90. The highest BCUT2D eigenvalue weighted by Gasteiger charge is 2.45. The van der Waals surface area contributed by atoms with Crippen LogP contribution in [0.2, 0.25) is 0 Å². The molecule has 2 amide bonds. The molecule has 2 atom stereocenters. The normalized spacial score (nSPS) is 19.0. The van der Waals surface area contributed by atoms with E-state index in [1.807, 2.05) is 35.9 Å². The Bertz CT molecular complexity index is 1000. The lowest BCUT2D eigenvalue weighted by Crippen LogP contribution is -2.32. The second-order valence-corrected chi connectivity index (χ2v) is 8.02. The minimum atomic E-state index is -4.23. The van der Waals surface area contributed by atoms with Crippen molar-refractivity contribution < 1.29 is 22.4 Å². The van der Waals surface area contributed by atoms with Gasteiger partial charge in [0, 0.05) is 5.92 Å². The molecule has 6 nitrogen and oxygen atoms in total. The van der Waals surface area contributed by atoms with Gasteiger partial charge in [-0.15, -0.1) is 0 Å². The smallest absolute Gasteiger partial charge is 0.264 e. The molecule has 26 heavy (non-hydrogen) atoms. The first-order valence-electron chi connectivity index (χ1n) is 7.91. The number of amides is 2. The van der Waals surface area contributed by atoms with Crippen molar-refractivity contribution in [1.29, 1.82) is 0 Å². The van der Waals surface area contributed by atoms with Crippen LogP contribution in [0.15, 0.2) is 47.4 Å². The Morgan fingerprint density at radius 3 is 2.58 bits per heavy atom. The zero-order chi connectivity index (χ0) is 19.1. The molecule has 3 rings (SSSR count). The molecule has 0 saturated heterocycles. The molecule has 0 heterocycles. The van der Waals surface area contributed by atoms with Crippen molar-refractivity contribution in [3.63, 3.8) is 0 Å². The molecule has 8 heteroatoms. The Balaban J connectivity index is 1.75. The lowest BCUT2D eigenvalue weighted by Gasteiger charge is -2.08. The number of carbonyl (C=O) groups excluding carboxylic acids is 2. The first-order valence-corrected chi connectivity index (χ1v) is 9.40. The molecule has 136 valence electrons. The van der Waals surface area contributed by atoms with E-state index < -0.39 is 44.0 Å². The molecule has 2 aromatic rings.